The van der Waals surface area contributed by atoms with Crippen LogP contribution in [-0.4, -0.2) is 11.5 Å². The van der Waals surface area contributed by atoms with Crippen molar-refractivity contribution >= 4 is 21.7 Å². The Morgan fingerprint density at radius 2 is 2.11 bits per heavy atom. The fourth-order valence-corrected chi connectivity index (χ4v) is 2.19. The van der Waals surface area contributed by atoms with E-state index >= 15 is 0 Å². The van der Waals surface area contributed by atoms with Crippen molar-refractivity contribution in [2.45, 2.75) is 13.3 Å². The summed E-state index contributed by atoms with van der Waals surface area (Å²) in [5, 5.41) is 3.22. The van der Waals surface area contributed by atoms with Crippen LogP contribution in [-0.2, 0) is 6.42 Å². The van der Waals surface area contributed by atoms with E-state index in [0.29, 0.717) is 13.0 Å². The molecule has 2 aromatic rings. The number of nitrogens with zero attached hydrogens (tertiary/aromatic N) is 1. The molecule has 0 bridgehead atoms. The summed E-state index contributed by atoms with van der Waals surface area (Å²) in [7, 11) is 0. The average Bonchev–Trinajstić information content (AvgIpc) is 2.34. The minimum absolute atomic E-state index is 0.153. The molecule has 0 fully saturated rings. The summed E-state index contributed by atoms with van der Waals surface area (Å²) in [5.74, 6) is 0.689. The Morgan fingerprint density at radius 3 is 2.83 bits per heavy atom. The molecule has 2 rings (SSSR count). The highest BCUT2D eigenvalue weighted by Gasteiger charge is 2.02. The quantitative estimate of drug-likeness (QED) is 0.925. The van der Waals surface area contributed by atoms with Gasteiger partial charge in [-0.1, -0.05) is 18.2 Å². The van der Waals surface area contributed by atoms with Crippen molar-refractivity contribution in [3.63, 3.8) is 0 Å². The van der Waals surface area contributed by atoms with Crippen molar-refractivity contribution < 1.29 is 4.39 Å². The van der Waals surface area contributed by atoms with Crippen LogP contribution in [0.4, 0.5) is 10.2 Å². The molecule has 0 atom stereocenters. The van der Waals surface area contributed by atoms with Crippen LogP contribution in [0.2, 0.25) is 0 Å². The highest BCUT2D eigenvalue weighted by Crippen LogP contribution is 2.16. The van der Waals surface area contributed by atoms with Gasteiger partial charge >= 0.3 is 0 Å². The average molecular weight is 309 g/mol. The van der Waals surface area contributed by atoms with Crippen LogP contribution < -0.4 is 5.32 Å². The highest BCUT2D eigenvalue weighted by molar-refractivity contribution is 9.10. The van der Waals surface area contributed by atoms with E-state index in [1.165, 1.54) is 6.07 Å². The van der Waals surface area contributed by atoms with Gasteiger partial charge in [-0.15, -0.1) is 0 Å². The van der Waals surface area contributed by atoms with E-state index in [4.69, 9.17) is 0 Å². The van der Waals surface area contributed by atoms with Crippen molar-refractivity contribution in [3.8, 4) is 0 Å². The molecule has 0 radical (unpaired) electrons. The van der Waals surface area contributed by atoms with Crippen molar-refractivity contribution in [2.24, 2.45) is 0 Å². The molecule has 4 heteroatoms. The van der Waals surface area contributed by atoms with E-state index in [-0.39, 0.29) is 5.82 Å². The van der Waals surface area contributed by atoms with Gasteiger partial charge in [0.25, 0.3) is 0 Å². The summed E-state index contributed by atoms with van der Waals surface area (Å²) in [5.41, 5.74) is 1.79. The molecule has 1 N–H and O–H groups in total. The topological polar surface area (TPSA) is 24.9 Å². The molecule has 0 spiro atoms. The summed E-state index contributed by atoms with van der Waals surface area (Å²) in [4.78, 5) is 4.28. The number of anilines is 1. The lowest BCUT2D eigenvalue weighted by Crippen LogP contribution is -2.08. The molecule has 0 unspecified atom stereocenters. The van der Waals surface area contributed by atoms with Gasteiger partial charge in [-0.3, -0.25) is 0 Å². The third kappa shape index (κ3) is 3.29. The van der Waals surface area contributed by atoms with Crippen molar-refractivity contribution in [1.82, 2.24) is 4.98 Å². The summed E-state index contributed by atoms with van der Waals surface area (Å²) >= 11 is 3.37. The Balaban J connectivity index is 1.95. The summed E-state index contributed by atoms with van der Waals surface area (Å²) in [6.07, 6.45) is 2.39. The minimum Gasteiger partial charge on any atom is -0.370 e. The Kier molecular flexibility index (Phi) is 4.31. The van der Waals surface area contributed by atoms with Gasteiger partial charge in [-0.05, 0) is 52.5 Å². The van der Waals surface area contributed by atoms with Gasteiger partial charge in [0, 0.05) is 17.2 Å². The largest absolute Gasteiger partial charge is 0.370 e. The van der Waals surface area contributed by atoms with E-state index in [0.717, 1.165) is 21.4 Å². The predicted octanol–water partition coefficient (Wildman–Crippen LogP) is 3.95. The van der Waals surface area contributed by atoms with E-state index < -0.39 is 0 Å². The van der Waals surface area contributed by atoms with Crippen LogP contribution >= 0.6 is 15.9 Å². The number of hydrogen-bond acceptors (Lipinski definition) is 2. The van der Waals surface area contributed by atoms with Crippen molar-refractivity contribution in [2.75, 3.05) is 11.9 Å². The molecule has 0 saturated heterocycles. The maximum Gasteiger partial charge on any atom is 0.128 e. The number of hydrogen-bond donors (Lipinski definition) is 1. The number of benzene rings is 1. The molecule has 1 heterocycles. The van der Waals surface area contributed by atoms with E-state index in [9.17, 15) is 4.39 Å². The van der Waals surface area contributed by atoms with Gasteiger partial charge in [-0.2, -0.15) is 0 Å². The SMILES string of the molecule is Cc1cc(Br)cnc1NCCc1ccccc1F. The van der Waals surface area contributed by atoms with Crippen LogP contribution in [0, 0.1) is 12.7 Å². The zero-order chi connectivity index (χ0) is 13.0. The first kappa shape index (κ1) is 13.0. The third-order valence-corrected chi connectivity index (χ3v) is 3.12. The minimum atomic E-state index is -0.153. The fourth-order valence-electron chi connectivity index (χ4n) is 1.74. The van der Waals surface area contributed by atoms with E-state index in [1.54, 1.807) is 18.3 Å². The monoisotopic (exact) mass is 308 g/mol. The first-order valence-corrected chi connectivity index (χ1v) is 6.55. The van der Waals surface area contributed by atoms with Crippen LogP contribution in [0.3, 0.4) is 0 Å². The molecule has 0 aliphatic carbocycles. The highest BCUT2D eigenvalue weighted by atomic mass is 79.9. The summed E-state index contributed by atoms with van der Waals surface area (Å²) in [6, 6.07) is 8.84. The number of halogens is 2. The lowest BCUT2D eigenvalue weighted by atomic mass is 10.1. The van der Waals surface area contributed by atoms with Crippen LogP contribution in [0.15, 0.2) is 41.0 Å². The van der Waals surface area contributed by atoms with Gasteiger partial charge in [0.15, 0.2) is 0 Å². The van der Waals surface area contributed by atoms with Crippen LogP contribution in [0.25, 0.3) is 0 Å². The molecule has 0 aliphatic heterocycles. The maximum atomic E-state index is 13.4. The maximum absolute atomic E-state index is 13.4. The standard InChI is InChI=1S/C14H14BrFN2/c1-10-8-12(15)9-18-14(10)17-7-6-11-4-2-3-5-13(11)16/h2-5,8-9H,6-7H2,1H3,(H,17,18). The molecular formula is C14H14BrFN2. The number of rotatable bonds is 4. The fraction of sp³-hybridized carbons (Fsp3) is 0.214. The Bertz CT molecular complexity index is 543. The molecule has 0 saturated carbocycles. The second-order valence-electron chi connectivity index (χ2n) is 4.09. The first-order valence-electron chi connectivity index (χ1n) is 5.76. The molecule has 1 aromatic heterocycles. The molecule has 0 aliphatic rings. The zero-order valence-electron chi connectivity index (χ0n) is 10.1. The van der Waals surface area contributed by atoms with Crippen LogP contribution in [0.5, 0.6) is 0 Å². The lowest BCUT2D eigenvalue weighted by Gasteiger charge is -2.09. The molecule has 94 valence electrons. The van der Waals surface area contributed by atoms with Crippen LogP contribution in [0.1, 0.15) is 11.1 Å². The number of aromatic nitrogens is 1. The van der Waals surface area contributed by atoms with E-state index in [2.05, 4.69) is 26.2 Å². The summed E-state index contributed by atoms with van der Waals surface area (Å²) < 4.78 is 14.4. The normalized spacial score (nSPS) is 10.4. The number of pyridine rings is 1. The first-order chi connectivity index (χ1) is 8.66. The zero-order valence-corrected chi connectivity index (χ0v) is 11.7. The summed E-state index contributed by atoms with van der Waals surface area (Å²) in [6.45, 7) is 2.65. The van der Waals surface area contributed by atoms with Gasteiger partial charge in [0.2, 0.25) is 0 Å². The third-order valence-electron chi connectivity index (χ3n) is 2.69. The Hall–Kier alpha value is -1.42. The molecule has 0 amide bonds. The molecule has 1 aromatic carbocycles. The van der Waals surface area contributed by atoms with Crippen molar-refractivity contribution in [3.05, 3.63) is 57.9 Å². The smallest absolute Gasteiger partial charge is 0.128 e. The number of nitrogens with one attached hydrogen (secondary N) is 1. The Morgan fingerprint density at radius 1 is 1.33 bits per heavy atom. The molecular weight excluding hydrogens is 295 g/mol. The van der Waals surface area contributed by atoms with E-state index in [1.807, 2.05) is 19.1 Å². The predicted molar refractivity (Wildman–Crippen MR) is 75.3 cm³/mol. The van der Waals surface area contributed by atoms with Gasteiger partial charge in [0.05, 0.1) is 0 Å². The van der Waals surface area contributed by atoms with Gasteiger partial charge < -0.3 is 5.32 Å². The lowest BCUT2D eigenvalue weighted by molar-refractivity contribution is 0.610. The second kappa shape index (κ2) is 5.96. The van der Waals surface area contributed by atoms with Gasteiger partial charge in [-0.25, -0.2) is 9.37 Å². The molecule has 18 heavy (non-hydrogen) atoms. The van der Waals surface area contributed by atoms with Gasteiger partial charge in [0.1, 0.15) is 11.6 Å². The Labute approximate surface area is 114 Å². The molecule has 2 nitrogen and oxygen atoms in total. The second-order valence-corrected chi connectivity index (χ2v) is 5.00. The van der Waals surface area contributed by atoms with Crippen molar-refractivity contribution in [1.29, 1.82) is 0 Å². The number of aryl methyl sites for hydroxylation is 1.